The first-order valence-electron chi connectivity index (χ1n) is 8.65. The predicted molar refractivity (Wildman–Crippen MR) is 93.1 cm³/mol. The molecule has 1 saturated carbocycles. The van der Waals surface area contributed by atoms with Crippen molar-refractivity contribution < 1.29 is 9.90 Å². The van der Waals surface area contributed by atoms with Gasteiger partial charge in [-0.1, -0.05) is 37.1 Å². The van der Waals surface area contributed by atoms with Crippen molar-refractivity contribution in [3.63, 3.8) is 0 Å². The van der Waals surface area contributed by atoms with Gasteiger partial charge in [-0.2, -0.15) is 0 Å². The predicted octanol–water partition coefficient (Wildman–Crippen LogP) is 3.79. The number of hydrogen-bond donors (Lipinski definition) is 1. The highest BCUT2D eigenvalue weighted by atomic mass is 16.4. The van der Waals surface area contributed by atoms with Gasteiger partial charge in [0, 0.05) is 24.8 Å². The molecule has 1 aromatic carbocycles. The van der Waals surface area contributed by atoms with Crippen LogP contribution in [0, 0.1) is 5.92 Å². The summed E-state index contributed by atoms with van der Waals surface area (Å²) in [7, 11) is 1.90. The number of pyridine rings is 1. The summed E-state index contributed by atoms with van der Waals surface area (Å²) >= 11 is 0. The van der Waals surface area contributed by atoms with E-state index in [1.165, 1.54) is 12.8 Å². The van der Waals surface area contributed by atoms with Gasteiger partial charge in [-0.25, -0.2) is 4.79 Å². The Balaban J connectivity index is 1.98. The average molecular weight is 322 g/mol. The van der Waals surface area contributed by atoms with Gasteiger partial charge in [-0.05, 0) is 42.5 Å². The highest BCUT2D eigenvalue weighted by Gasteiger charge is 2.60. The number of benzene rings is 1. The highest BCUT2D eigenvalue weighted by molar-refractivity contribution is 5.90. The van der Waals surface area contributed by atoms with E-state index in [-0.39, 0.29) is 5.92 Å². The lowest BCUT2D eigenvalue weighted by Gasteiger charge is -2.40. The minimum Gasteiger partial charge on any atom is -0.479 e. The summed E-state index contributed by atoms with van der Waals surface area (Å²) in [5, 5.41) is 10.4. The Morgan fingerprint density at radius 3 is 2.54 bits per heavy atom. The number of hydrogen-bond acceptors (Lipinski definition) is 3. The molecule has 1 N–H and O–H groups in total. The molecule has 24 heavy (non-hydrogen) atoms. The molecular formula is C20H22N2O2. The van der Waals surface area contributed by atoms with Gasteiger partial charge in [-0.15, -0.1) is 0 Å². The second-order valence-corrected chi connectivity index (χ2v) is 6.93. The van der Waals surface area contributed by atoms with Gasteiger partial charge in [0.05, 0.1) is 5.69 Å². The van der Waals surface area contributed by atoms with Gasteiger partial charge in [0.2, 0.25) is 0 Å². The molecule has 2 atom stereocenters. The Kier molecular flexibility index (Phi) is 3.56. The molecule has 0 spiro atoms. The minimum absolute atomic E-state index is 0.0615. The van der Waals surface area contributed by atoms with E-state index < -0.39 is 11.5 Å². The van der Waals surface area contributed by atoms with Crippen molar-refractivity contribution in [1.82, 2.24) is 4.98 Å². The Labute approximate surface area is 142 Å². The molecule has 4 rings (SSSR count). The molecule has 2 heterocycles. The molecule has 1 aliphatic heterocycles. The number of likely N-dealkylation sites (N-methyl/N-ethyl adjacent to an activating group) is 1. The number of aromatic nitrogens is 1. The van der Waals surface area contributed by atoms with Gasteiger partial charge in [-0.3, -0.25) is 4.98 Å². The second-order valence-electron chi connectivity index (χ2n) is 6.93. The fourth-order valence-electron chi connectivity index (χ4n) is 4.87. The van der Waals surface area contributed by atoms with Gasteiger partial charge in [0.1, 0.15) is 0 Å². The number of carboxylic acid groups (broad SMARTS) is 1. The molecule has 2 unspecified atom stereocenters. The van der Waals surface area contributed by atoms with Crippen LogP contribution in [-0.2, 0) is 10.3 Å². The highest BCUT2D eigenvalue weighted by Crippen LogP contribution is 2.58. The lowest BCUT2D eigenvalue weighted by Crippen LogP contribution is -2.52. The van der Waals surface area contributed by atoms with Crippen LogP contribution in [0.2, 0.25) is 0 Å². The molecule has 124 valence electrons. The number of aliphatic carboxylic acids is 1. The van der Waals surface area contributed by atoms with E-state index in [1.54, 1.807) is 6.20 Å². The van der Waals surface area contributed by atoms with Crippen molar-refractivity contribution in [1.29, 1.82) is 0 Å². The molecule has 0 saturated heterocycles. The summed E-state index contributed by atoms with van der Waals surface area (Å²) in [6.07, 6.45) is 6.25. The molecule has 2 aliphatic rings. The third-order valence-electron chi connectivity index (χ3n) is 5.86. The van der Waals surface area contributed by atoms with E-state index in [0.717, 1.165) is 24.1 Å². The number of carboxylic acids is 1. The third-order valence-corrected chi connectivity index (χ3v) is 5.86. The lowest BCUT2D eigenvalue weighted by molar-refractivity contribution is -0.145. The normalized spacial score (nSPS) is 26.5. The van der Waals surface area contributed by atoms with E-state index >= 15 is 0 Å². The SMILES string of the molecule is CN1c2ccccc2C(C2CCCC2)C1(C(=O)O)c1ccccn1. The van der Waals surface area contributed by atoms with Crippen molar-refractivity contribution in [2.45, 2.75) is 37.1 Å². The van der Waals surface area contributed by atoms with Crippen LogP contribution < -0.4 is 4.90 Å². The standard InChI is InChI=1S/C20H22N2O2/c1-22-16-11-5-4-10-15(16)18(14-8-2-3-9-14)20(22,19(23)24)17-12-6-7-13-21-17/h4-7,10-14,18H,2-3,8-9H2,1H3,(H,23,24). The van der Waals surface area contributed by atoms with E-state index in [0.29, 0.717) is 11.6 Å². The van der Waals surface area contributed by atoms with Crippen LogP contribution in [0.15, 0.2) is 48.7 Å². The number of carbonyl (C=O) groups is 1. The van der Waals surface area contributed by atoms with Crippen LogP contribution in [0.3, 0.4) is 0 Å². The molecule has 4 nitrogen and oxygen atoms in total. The molecule has 1 aromatic heterocycles. The van der Waals surface area contributed by atoms with E-state index in [9.17, 15) is 9.90 Å². The summed E-state index contributed by atoms with van der Waals surface area (Å²) in [6.45, 7) is 0. The maximum Gasteiger partial charge on any atom is 0.336 e. The quantitative estimate of drug-likeness (QED) is 0.934. The van der Waals surface area contributed by atoms with E-state index in [1.807, 2.05) is 48.3 Å². The molecule has 0 radical (unpaired) electrons. The van der Waals surface area contributed by atoms with Crippen molar-refractivity contribution in [2.75, 3.05) is 11.9 Å². The van der Waals surface area contributed by atoms with Crippen molar-refractivity contribution in [2.24, 2.45) is 5.92 Å². The monoisotopic (exact) mass is 322 g/mol. The third kappa shape index (κ3) is 1.92. The van der Waals surface area contributed by atoms with Crippen LogP contribution in [0.25, 0.3) is 0 Å². The first kappa shape index (κ1) is 15.2. The van der Waals surface area contributed by atoms with Crippen molar-refractivity contribution in [3.05, 3.63) is 59.9 Å². The molecule has 2 aromatic rings. The topological polar surface area (TPSA) is 53.4 Å². The van der Waals surface area contributed by atoms with Crippen LogP contribution in [0.4, 0.5) is 5.69 Å². The number of fused-ring (bicyclic) bond motifs is 1. The van der Waals surface area contributed by atoms with E-state index in [2.05, 4.69) is 11.1 Å². The maximum atomic E-state index is 12.7. The second kappa shape index (κ2) is 5.62. The van der Waals surface area contributed by atoms with Gasteiger partial charge < -0.3 is 10.0 Å². The number of para-hydroxylation sites is 1. The molecule has 1 fully saturated rings. The Morgan fingerprint density at radius 2 is 1.88 bits per heavy atom. The Bertz CT molecular complexity index is 755. The van der Waals surface area contributed by atoms with Crippen LogP contribution in [-0.4, -0.2) is 23.1 Å². The molecule has 4 heteroatoms. The number of rotatable bonds is 3. The zero-order valence-corrected chi connectivity index (χ0v) is 13.9. The zero-order valence-electron chi connectivity index (χ0n) is 13.9. The van der Waals surface area contributed by atoms with E-state index in [4.69, 9.17) is 0 Å². The van der Waals surface area contributed by atoms with Crippen molar-refractivity contribution >= 4 is 11.7 Å². The molecule has 1 aliphatic carbocycles. The summed E-state index contributed by atoms with van der Waals surface area (Å²) < 4.78 is 0. The molecule has 0 bridgehead atoms. The largest absolute Gasteiger partial charge is 0.479 e. The summed E-state index contributed by atoms with van der Waals surface area (Å²) in [4.78, 5) is 19.1. The Morgan fingerprint density at radius 1 is 1.17 bits per heavy atom. The minimum atomic E-state index is -1.13. The molecule has 0 amide bonds. The fourth-order valence-corrected chi connectivity index (χ4v) is 4.87. The average Bonchev–Trinajstić information content (AvgIpc) is 3.21. The lowest BCUT2D eigenvalue weighted by atomic mass is 9.71. The first-order valence-corrected chi connectivity index (χ1v) is 8.65. The zero-order chi connectivity index (χ0) is 16.7. The summed E-state index contributed by atoms with van der Waals surface area (Å²) in [6, 6.07) is 13.7. The van der Waals surface area contributed by atoms with Crippen LogP contribution >= 0.6 is 0 Å². The van der Waals surface area contributed by atoms with Gasteiger partial charge >= 0.3 is 5.97 Å². The summed E-state index contributed by atoms with van der Waals surface area (Å²) in [5.74, 6) is -0.486. The van der Waals surface area contributed by atoms with Crippen LogP contribution in [0.5, 0.6) is 0 Å². The summed E-state index contributed by atoms with van der Waals surface area (Å²) in [5.41, 5.74) is 1.68. The Hall–Kier alpha value is -2.36. The van der Waals surface area contributed by atoms with Crippen molar-refractivity contribution in [3.8, 4) is 0 Å². The van der Waals surface area contributed by atoms with Gasteiger partial charge in [0.15, 0.2) is 5.54 Å². The number of anilines is 1. The van der Waals surface area contributed by atoms with Gasteiger partial charge in [0.25, 0.3) is 0 Å². The number of nitrogens with zero attached hydrogens (tertiary/aromatic N) is 2. The smallest absolute Gasteiger partial charge is 0.336 e. The first-order chi connectivity index (χ1) is 11.7. The fraction of sp³-hybridized carbons (Fsp3) is 0.400. The molecular weight excluding hydrogens is 300 g/mol. The van der Waals surface area contributed by atoms with Crippen LogP contribution in [0.1, 0.15) is 42.9 Å². The maximum absolute atomic E-state index is 12.7.